The molecule has 1 saturated heterocycles. The molecule has 4 aromatic rings. The van der Waals surface area contributed by atoms with E-state index in [1.165, 1.54) is 0 Å². The van der Waals surface area contributed by atoms with Gasteiger partial charge in [-0.1, -0.05) is 12.1 Å². The summed E-state index contributed by atoms with van der Waals surface area (Å²) in [5.74, 6) is 1.23. The predicted molar refractivity (Wildman–Crippen MR) is 145 cm³/mol. The highest BCUT2D eigenvalue weighted by atomic mass is 32.2. The highest BCUT2D eigenvalue weighted by Gasteiger charge is 2.22. The molecule has 0 aliphatic carbocycles. The molecule has 1 amide bonds. The first-order valence-electron chi connectivity index (χ1n) is 12.4. The van der Waals surface area contributed by atoms with E-state index in [4.69, 9.17) is 4.74 Å². The van der Waals surface area contributed by atoms with E-state index < -0.39 is 11.0 Å². The van der Waals surface area contributed by atoms with Gasteiger partial charge in [-0.2, -0.15) is 5.10 Å². The van der Waals surface area contributed by atoms with Gasteiger partial charge >= 0.3 is 0 Å². The lowest BCUT2D eigenvalue weighted by molar-refractivity contribution is -0.115. The van der Waals surface area contributed by atoms with Crippen LogP contribution in [0.3, 0.4) is 0 Å². The summed E-state index contributed by atoms with van der Waals surface area (Å²) in [5.41, 5.74) is 3.11. The van der Waals surface area contributed by atoms with E-state index in [1.54, 1.807) is 12.4 Å². The quantitative estimate of drug-likeness (QED) is 0.364. The van der Waals surface area contributed by atoms with Crippen molar-refractivity contribution < 1.29 is 13.7 Å². The number of aryl methyl sites for hydroxylation is 1. The fourth-order valence-corrected chi connectivity index (χ4v) is 5.39. The average molecular weight is 518 g/mol. The smallest absolute Gasteiger partial charge is 0.228 e. The number of hydrogen-bond acceptors (Lipinski definition) is 5. The Morgan fingerprint density at radius 3 is 2.59 bits per heavy atom. The number of fused-ring (bicyclic) bond motifs is 1. The van der Waals surface area contributed by atoms with Crippen molar-refractivity contribution in [1.29, 1.82) is 0 Å². The van der Waals surface area contributed by atoms with Gasteiger partial charge in [-0.05, 0) is 75.6 Å². The lowest BCUT2D eigenvalue weighted by atomic mass is 10.1. The number of carbonyl (C=O) groups excluding carboxylic acids is 1. The maximum atomic E-state index is 12.8. The zero-order valence-corrected chi connectivity index (χ0v) is 22.3. The summed E-state index contributed by atoms with van der Waals surface area (Å²) in [6, 6.07) is 13.2. The number of anilines is 1. The Kier molecular flexibility index (Phi) is 6.83. The maximum Gasteiger partial charge on any atom is 0.228 e. The van der Waals surface area contributed by atoms with Crippen LogP contribution in [0.1, 0.15) is 38.3 Å². The van der Waals surface area contributed by atoms with Gasteiger partial charge in [0.1, 0.15) is 22.5 Å². The second kappa shape index (κ2) is 10.1. The molecule has 192 valence electrons. The van der Waals surface area contributed by atoms with Crippen molar-refractivity contribution in [2.75, 3.05) is 18.4 Å². The number of nitrogens with one attached hydrogen (secondary N) is 1. The minimum atomic E-state index is -1.18. The molecule has 1 N–H and O–H groups in total. The summed E-state index contributed by atoms with van der Waals surface area (Å²) >= 11 is 0. The molecule has 0 spiro atoms. The van der Waals surface area contributed by atoms with Gasteiger partial charge in [-0.15, -0.1) is 0 Å². The summed E-state index contributed by atoms with van der Waals surface area (Å²) in [7, 11) is -1.18. The summed E-state index contributed by atoms with van der Waals surface area (Å²) in [4.78, 5) is 17.8. The van der Waals surface area contributed by atoms with Gasteiger partial charge in [0.25, 0.3) is 0 Å². The van der Waals surface area contributed by atoms with Crippen molar-refractivity contribution in [3.05, 3.63) is 72.2 Å². The predicted octanol–water partition coefficient (Wildman–Crippen LogP) is 5.20. The third-order valence-electron chi connectivity index (χ3n) is 6.30. The summed E-state index contributed by atoms with van der Waals surface area (Å²) in [6.07, 6.45) is 6.53. The number of carbonyl (C=O) groups is 1. The Balaban J connectivity index is 1.30. The summed E-state index contributed by atoms with van der Waals surface area (Å²) < 4.78 is 22.9. The van der Waals surface area contributed by atoms with Gasteiger partial charge in [-0.25, -0.2) is 8.51 Å². The van der Waals surface area contributed by atoms with Crippen molar-refractivity contribution in [3.8, 4) is 11.5 Å². The van der Waals surface area contributed by atoms with Crippen LogP contribution in [-0.4, -0.2) is 42.3 Å². The molecule has 1 aliphatic rings. The van der Waals surface area contributed by atoms with Crippen LogP contribution in [-0.2, 0) is 27.7 Å². The number of ether oxygens (including phenoxy) is 1. The average Bonchev–Trinajstić information content (AvgIpc) is 3.28. The van der Waals surface area contributed by atoms with Crippen LogP contribution in [0.5, 0.6) is 11.5 Å². The molecular formula is C28H31N5O3S. The van der Waals surface area contributed by atoms with E-state index in [1.807, 2.05) is 64.6 Å². The monoisotopic (exact) mass is 517 g/mol. The van der Waals surface area contributed by atoms with E-state index >= 15 is 0 Å². The Labute approximate surface area is 219 Å². The number of nitrogens with zero attached hydrogens (tertiary/aromatic N) is 4. The van der Waals surface area contributed by atoms with Gasteiger partial charge in [0.2, 0.25) is 5.91 Å². The first kappa shape index (κ1) is 25.1. The molecule has 9 heteroatoms. The molecular weight excluding hydrogens is 486 g/mol. The van der Waals surface area contributed by atoms with Crippen LogP contribution in [0.4, 0.5) is 5.69 Å². The first-order valence-corrected chi connectivity index (χ1v) is 13.5. The van der Waals surface area contributed by atoms with Crippen molar-refractivity contribution in [3.63, 3.8) is 0 Å². The maximum absolute atomic E-state index is 12.8. The number of rotatable bonds is 7. The normalized spacial score (nSPS) is 14.8. The van der Waals surface area contributed by atoms with Crippen LogP contribution in [0.15, 0.2) is 66.0 Å². The third-order valence-corrected chi connectivity index (χ3v) is 7.79. The van der Waals surface area contributed by atoms with Gasteiger partial charge < -0.3 is 10.1 Å². The van der Waals surface area contributed by atoms with E-state index in [0.717, 1.165) is 46.4 Å². The fraction of sp³-hybridized carbons (Fsp3) is 0.321. The number of amides is 1. The molecule has 3 heterocycles. The highest BCUT2D eigenvalue weighted by molar-refractivity contribution is 7.82. The van der Waals surface area contributed by atoms with Crippen LogP contribution in [0, 0.1) is 6.92 Å². The van der Waals surface area contributed by atoms with Crippen LogP contribution >= 0.6 is 0 Å². The summed E-state index contributed by atoms with van der Waals surface area (Å²) in [6.45, 7) is 9.83. The second-order valence-electron chi connectivity index (χ2n) is 10.3. The number of pyridine rings is 1. The Hall–Kier alpha value is -3.56. The molecule has 2 aromatic carbocycles. The lowest BCUT2D eigenvalue weighted by Gasteiger charge is -2.29. The molecule has 8 nitrogen and oxygen atoms in total. The van der Waals surface area contributed by atoms with Crippen LogP contribution in [0.25, 0.3) is 10.9 Å². The molecule has 1 unspecified atom stereocenters. The van der Waals surface area contributed by atoms with Crippen LogP contribution < -0.4 is 10.1 Å². The van der Waals surface area contributed by atoms with E-state index in [9.17, 15) is 9.00 Å². The Bertz CT molecular complexity index is 1490. The largest absolute Gasteiger partial charge is 0.456 e. The van der Waals surface area contributed by atoms with E-state index in [2.05, 4.69) is 36.2 Å². The minimum absolute atomic E-state index is 0.107. The Morgan fingerprint density at radius 1 is 1.11 bits per heavy atom. The summed E-state index contributed by atoms with van der Waals surface area (Å²) in [5, 5.41) is 8.06. The number of benzene rings is 2. The lowest BCUT2D eigenvalue weighted by Crippen LogP contribution is -2.38. The zero-order chi connectivity index (χ0) is 26.2. The van der Waals surface area contributed by atoms with Gasteiger partial charge in [0.05, 0.1) is 34.3 Å². The number of hydrogen-bond donors (Lipinski definition) is 1. The number of aromatic nitrogens is 3. The molecule has 0 radical (unpaired) electrons. The third kappa shape index (κ3) is 5.57. The van der Waals surface area contributed by atoms with Gasteiger partial charge in [0, 0.05) is 30.9 Å². The van der Waals surface area contributed by atoms with Crippen molar-refractivity contribution in [1.82, 2.24) is 19.1 Å². The second-order valence-corrected chi connectivity index (χ2v) is 11.8. The van der Waals surface area contributed by atoms with Crippen molar-refractivity contribution in [2.24, 2.45) is 0 Å². The van der Waals surface area contributed by atoms with Gasteiger partial charge in [-0.3, -0.25) is 14.5 Å². The molecule has 1 fully saturated rings. The molecule has 1 aliphatic heterocycles. The Morgan fingerprint density at radius 2 is 1.92 bits per heavy atom. The van der Waals surface area contributed by atoms with Crippen molar-refractivity contribution in [2.45, 2.75) is 51.0 Å². The first-order chi connectivity index (χ1) is 17.7. The van der Waals surface area contributed by atoms with Gasteiger partial charge in [0.15, 0.2) is 0 Å². The molecule has 0 bridgehead atoms. The van der Waals surface area contributed by atoms with E-state index in [-0.39, 0.29) is 17.9 Å². The SMILES string of the molecule is Cc1cc(CC(=O)Nc2cnn(C(C)(C)C)c2)ccc1Oc1ccnc2ccc(S(=O)N3CCC3)cc12. The molecule has 0 saturated carbocycles. The molecule has 2 aromatic heterocycles. The standard InChI is InChI=1S/C28H31N5O3S/c1-19-14-20(15-27(34)31-21-17-30-33(18-21)28(2,3)4)6-9-25(19)36-26-10-11-29-24-8-7-22(16-23(24)26)37(35)32-12-5-13-32/h6-11,14,16-18H,5,12-13,15H2,1-4H3,(H,31,34). The van der Waals surface area contributed by atoms with E-state index in [0.29, 0.717) is 17.2 Å². The highest BCUT2D eigenvalue weighted by Crippen LogP contribution is 2.33. The minimum Gasteiger partial charge on any atom is -0.456 e. The topological polar surface area (TPSA) is 89.4 Å². The molecule has 5 rings (SSSR count). The van der Waals surface area contributed by atoms with Crippen molar-refractivity contribution >= 4 is 33.5 Å². The molecule has 37 heavy (non-hydrogen) atoms. The molecule has 1 atom stereocenters. The van der Waals surface area contributed by atoms with Crippen LogP contribution in [0.2, 0.25) is 0 Å². The fourth-order valence-electron chi connectivity index (χ4n) is 4.10. The zero-order valence-electron chi connectivity index (χ0n) is 21.5.